The molecule has 0 aromatic heterocycles. The van der Waals surface area contributed by atoms with E-state index in [2.05, 4.69) is 16.0 Å². The van der Waals surface area contributed by atoms with E-state index in [1.54, 1.807) is 45.0 Å². The highest BCUT2D eigenvalue weighted by Gasteiger charge is 2.31. The molecule has 0 aliphatic heterocycles. The first-order chi connectivity index (χ1) is 21.6. The van der Waals surface area contributed by atoms with E-state index >= 15 is 0 Å². The smallest absolute Gasteiger partial charge is 0.407 e. The quantitative estimate of drug-likeness (QED) is 0.170. The molecule has 9 nitrogen and oxygen atoms in total. The van der Waals surface area contributed by atoms with Crippen molar-refractivity contribution in [1.82, 2.24) is 16.0 Å². The fraction of sp³-hybridized carbons (Fsp3) is 0.361. The molecule has 0 heterocycles. The molecule has 0 radical (unpaired) electrons. The SMILES string of the molecule is CC(C)(C)OC(=O)N[C@@H](Cc1ccccc1)[C@@H](O)C[C@@H](C/C=C/c1ccccc1)C(=O)N[C@H](C(=O)NCCO)c1ccccc1. The van der Waals surface area contributed by atoms with Crippen LogP contribution in [0.4, 0.5) is 4.79 Å². The molecular weight excluding hydrogens is 570 g/mol. The third-order valence-electron chi connectivity index (χ3n) is 6.99. The molecule has 0 bridgehead atoms. The average Bonchev–Trinajstić information content (AvgIpc) is 3.02. The molecule has 0 aliphatic carbocycles. The summed E-state index contributed by atoms with van der Waals surface area (Å²) in [7, 11) is 0. The fourth-order valence-electron chi connectivity index (χ4n) is 4.80. The van der Waals surface area contributed by atoms with Gasteiger partial charge in [-0.3, -0.25) is 9.59 Å². The summed E-state index contributed by atoms with van der Waals surface area (Å²) in [4.78, 5) is 39.7. The van der Waals surface area contributed by atoms with Crippen molar-refractivity contribution in [2.75, 3.05) is 13.2 Å². The number of hydrogen-bond donors (Lipinski definition) is 5. The Morgan fingerprint density at radius 1 is 0.844 bits per heavy atom. The van der Waals surface area contributed by atoms with Gasteiger partial charge in [0.05, 0.1) is 18.8 Å². The largest absolute Gasteiger partial charge is 0.444 e. The number of hydrogen-bond acceptors (Lipinski definition) is 6. The van der Waals surface area contributed by atoms with Crippen molar-refractivity contribution < 1.29 is 29.3 Å². The van der Waals surface area contributed by atoms with Gasteiger partial charge in [0, 0.05) is 12.5 Å². The molecule has 0 saturated heterocycles. The van der Waals surface area contributed by atoms with Crippen LogP contribution in [0, 0.1) is 5.92 Å². The second-order valence-electron chi connectivity index (χ2n) is 11.9. The summed E-state index contributed by atoms with van der Waals surface area (Å²) in [5.41, 5.74) is 1.69. The van der Waals surface area contributed by atoms with E-state index in [0.29, 0.717) is 12.0 Å². The van der Waals surface area contributed by atoms with Crippen LogP contribution >= 0.6 is 0 Å². The Morgan fingerprint density at radius 3 is 2.04 bits per heavy atom. The maximum atomic E-state index is 13.9. The highest BCUT2D eigenvalue weighted by atomic mass is 16.6. The van der Waals surface area contributed by atoms with Crippen LogP contribution in [-0.2, 0) is 20.7 Å². The van der Waals surface area contributed by atoms with Gasteiger partial charge in [-0.25, -0.2) is 4.79 Å². The summed E-state index contributed by atoms with van der Waals surface area (Å²) in [6.07, 6.45) is 2.54. The third-order valence-corrected chi connectivity index (χ3v) is 6.99. The summed E-state index contributed by atoms with van der Waals surface area (Å²) in [6, 6.07) is 26.1. The molecule has 3 aromatic carbocycles. The maximum Gasteiger partial charge on any atom is 0.407 e. The molecule has 9 heteroatoms. The Balaban J connectivity index is 1.87. The summed E-state index contributed by atoms with van der Waals surface area (Å²) in [6.45, 7) is 5.07. The lowest BCUT2D eigenvalue weighted by molar-refractivity contribution is -0.132. The maximum absolute atomic E-state index is 13.9. The highest BCUT2D eigenvalue weighted by molar-refractivity contribution is 5.89. The molecule has 3 amide bonds. The van der Waals surface area contributed by atoms with Crippen LogP contribution in [0.25, 0.3) is 6.08 Å². The Morgan fingerprint density at radius 2 is 1.44 bits per heavy atom. The number of ether oxygens (including phenoxy) is 1. The van der Waals surface area contributed by atoms with Crippen molar-refractivity contribution in [2.45, 2.75) is 63.8 Å². The van der Waals surface area contributed by atoms with E-state index in [4.69, 9.17) is 4.74 Å². The van der Waals surface area contributed by atoms with Crippen LogP contribution in [0.3, 0.4) is 0 Å². The van der Waals surface area contributed by atoms with Crippen molar-refractivity contribution in [1.29, 1.82) is 0 Å². The number of carbonyl (C=O) groups excluding carboxylic acids is 3. The summed E-state index contributed by atoms with van der Waals surface area (Å²) in [5, 5.41) is 29.1. The topological polar surface area (TPSA) is 137 Å². The Labute approximate surface area is 265 Å². The van der Waals surface area contributed by atoms with Crippen LogP contribution < -0.4 is 16.0 Å². The van der Waals surface area contributed by atoms with E-state index in [0.717, 1.165) is 11.1 Å². The predicted molar refractivity (Wildman–Crippen MR) is 175 cm³/mol. The summed E-state index contributed by atoms with van der Waals surface area (Å²) < 4.78 is 5.47. The van der Waals surface area contributed by atoms with Crippen LogP contribution in [0.5, 0.6) is 0 Å². The van der Waals surface area contributed by atoms with E-state index in [9.17, 15) is 24.6 Å². The van der Waals surface area contributed by atoms with Gasteiger partial charge in [-0.1, -0.05) is 103 Å². The first-order valence-corrected chi connectivity index (χ1v) is 15.2. The lowest BCUT2D eigenvalue weighted by Gasteiger charge is -2.29. The summed E-state index contributed by atoms with van der Waals surface area (Å²) >= 11 is 0. The first-order valence-electron chi connectivity index (χ1n) is 15.2. The minimum atomic E-state index is -1.13. The van der Waals surface area contributed by atoms with E-state index in [1.165, 1.54) is 0 Å². The van der Waals surface area contributed by atoms with Crippen LogP contribution in [0.1, 0.15) is 56.3 Å². The minimum absolute atomic E-state index is 0.00195. The standard InChI is InChI=1S/C36H45N3O6/c1-36(2,3)45-35(44)38-30(24-27-16-9-5-10-17-27)31(41)25-29(21-13-18-26-14-7-4-8-15-26)33(42)39-32(34(43)37-22-23-40)28-19-11-6-12-20-28/h4-20,29-32,40-41H,21-25H2,1-3H3,(H,37,43)(H,38,44)(H,39,42)/b18-13+/t29-,30+,31+,32+/m1/s1. The van der Waals surface area contributed by atoms with Crippen molar-refractivity contribution in [3.05, 3.63) is 114 Å². The zero-order chi connectivity index (χ0) is 32.7. The molecular formula is C36H45N3O6. The normalized spacial score (nSPS) is 14.2. The number of alkyl carbamates (subject to hydrolysis) is 1. The van der Waals surface area contributed by atoms with Gasteiger partial charge in [-0.2, -0.15) is 0 Å². The van der Waals surface area contributed by atoms with Crippen molar-refractivity contribution >= 4 is 24.0 Å². The van der Waals surface area contributed by atoms with Crippen molar-refractivity contribution in [3.8, 4) is 0 Å². The molecule has 240 valence electrons. The number of allylic oxidation sites excluding steroid dienone is 1. The number of amides is 3. The number of rotatable bonds is 15. The van der Waals surface area contributed by atoms with Gasteiger partial charge in [-0.15, -0.1) is 0 Å². The minimum Gasteiger partial charge on any atom is -0.444 e. The average molecular weight is 616 g/mol. The second kappa shape index (κ2) is 17.7. The highest BCUT2D eigenvalue weighted by Crippen LogP contribution is 2.21. The van der Waals surface area contributed by atoms with Gasteiger partial charge in [0.2, 0.25) is 11.8 Å². The van der Waals surface area contributed by atoms with Gasteiger partial charge >= 0.3 is 6.09 Å². The molecule has 4 atom stereocenters. The molecule has 3 rings (SSSR count). The Kier molecular flexibility index (Phi) is 13.8. The number of aliphatic hydroxyl groups is 2. The van der Waals surface area contributed by atoms with Crippen LogP contribution in [0.15, 0.2) is 97.1 Å². The molecule has 0 aliphatic rings. The van der Waals surface area contributed by atoms with Gasteiger partial charge in [0.1, 0.15) is 11.6 Å². The molecule has 0 saturated carbocycles. The number of aliphatic hydroxyl groups excluding tert-OH is 2. The number of nitrogens with one attached hydrogen (secondary N) is 3. The Hall–Kier alpha value is -4.47. The molecule has 3 aromatic rings. The molecule has 0 spiro atoms. The monoisotopic (exact) mass is 615 g/mol. The summed E-state index contributed by atoms with van der Waals surface area (Å²) in [5.74, 6) is -1.65. The van der Waals surface area contributed by atoms with Crippen LogP contribution in [-0.4, -0.2) is 59.0 Å². The zero-order valence-electron chi connectivity index (χ0n) is 26.2. The van der Waals surface area contributed by atoms with E-state index in [1.807, 2.05) is 78.9 Å². The molecule has 45 heavy (non-hydrogen) atoms. The van der Waals surface area contributed by atoms with Crippen molar-refractivity contribution in [2.24, 2.45) is 5.92 Å². The van der Waals surface area contributed by atoms with Gasteiger partial charge in [0.15, 0.2) is 0 Å². The van der Waals surface area contributed by atoms with Gasteiger partial charge < -0.3 is 30.9 Å². The zero-order valence-corrected chi connectivity index (χ0v) is 26.2. The second-order valence-corrected chi connectivity index (χ2v) is 11.9. The van der Waals surface area contributed by atoms with Gasteiger partial charge in [0.25, 0.3) is 0 Å². The lowest BCUT2D eigenvalue weighted by atomic mass is 9.90. The predicted octanol–water partition coefficient (Wildman–Crippen LogP) is 4.56. The van der Waals surface area contributed by atoms with Gasteiger partial charge in [-0.05, 0) is 56.7 Å². The van der Waals surface area contributed by atoms with E-state index in [-0.39, 0.29) is 26.0 Å². The Bertz CT molecular complexity index is 1360. The molecule has 0 unspecified atom stereocenters. The third kappa shape index (κ3) is 12.6. The van der Waals surface area contributed by atoms with Crippen molar-refractivity contribution in [3.63, 3.8) is 0 Å². The van der Waals surface area contributed by atoms with Crippen LogP contribution in [0.2, 0.25) is 0 Å². The van der Waals surface area contributed by atoms with E-state index < -0.39 is 47.6 Å². The lowest BCUT2D eigenvalue weighted by Crippen LogP contribution is -2.49. The first kappa shape index (κ1) is 35.0. The number of carbonyl (C=O) groups is 3. The number of benzene rings is 3. The molecule has 0 fully saturated rings. The molecule has 5 N–H and O–H groups in total. The fourth-order valence-corrected chi connectivity index (χ4v) is 4.80.